The van der Waals surface area contributed by atoms with Crippen LogP contribution < -0.4 is 10.2 Å². The van der Waals surface area contributed by atoms with Crippen molar-refractivity contribution in [2.75, 3.05) is 18.5 Å². The Labute approximate surface area is 165 Å². The first kappa shape index (κ1) is 19.9. The Morgan fingerprint density at radius 2 is 2.18 bits per heavy atom. The van der Waals surface area contributed by atoms with Gasteiger partial charge in [-0.3, -0.25) is 4.79 Å². The molecule has 0 saturated carbocycles. The minimum atomic E-state index is -4.47. The average molecular weight is 417 g/mol. The lowest BCUT2D eigenvalue weighted by Crippen LogP contribution is -2.46. The number of pyridine rings is 1. The van der Waals surface area contributed by atoms with Gasteiger partial charge in [0.25, 0.3) is 0 Å². The molecule has 3 aromatic heterocycles. The number of aromatic amines is 1. The SMILES string of the molecule is C[C@H](C(=O)NCC(F)(F)F)N(C)c1ccnc(-c2c[nH]c3ncc(Cl)cc23)n1.[HH].[HH]. The Balaban J connectivity index is 0.00000225. The number of rotatable bonds is 5. The van der Waals surface area contributed by atoms with Gasteiger partial charge in [-0.2, -0.15) is 13.2 Å². The van der Waals surface area contributed by atoms with Gasteiger partial charge in [-0.25, -0.2) is 15.0 Å². The van der Waals surface area contributed by atoms with E-state index in [-0.39, 0.29) is 2.85 Å². The van der Waals surface area contributed by atoms with Gasteiger partial charge in [-0.05, 0) is 19.1 Å². The Bertz CT molecular complexity index is 1020. The zero-order chi connectivity index (χ0) is 20.5. The first-order chi connectivity index (χ1) is 13.2. The molecule has 0 spiro atoms. The highest BCUT2D eigenvalue weighted by molar-refractivity contribution is 6.31. The number of halogens is 4. The summed E-state index contributed by atoms with van der Waals surface area (Å²) in [6.07, 6.45) is 0.231. The standard InChI is InChI=1S/C17H16ClF3N6O.2H2/c1-9(16(28)25-8-17(19,20)21)27(2)13-3-4-22-15(26-13)12-7-24-14-11(12)5-10(18)6-23-14;;/h3-7,9H,8H2,1-2H3,(H,23,24)(H,25,28);2*1H/t9-;;/m1../s1. The molecule has 0 unspecified atom stereocenters. The minimum Gasteiger partial charge on any atom is -0.348 e. The molecule has 0 aliphatic heterocycles. The molecular weight excluding hydrogens is 397 g/mol. The largest absolute Gasteiger partial charge is 0.405 e. The number of fused-ring (bicyclic) bond motifs is 1. The van der Waals surface area contributed by atoms with Crippen molar-refractivity contribution >= 4 is 34.4 Å². The fourth-order valence-corrected chi connectivity index (χ4v) is 2.71. The number of carbonyl (C=O) groups excluding carboxylic acids is 1. The second-order valence-corrected chi connectivity index (χ2v) is 6.55. The molecule has 0 radical (unpaired) electrons. The van der Waals surface area contributed by atoms with E-state index < -0.39 is 24.7 Å². The fourth-order valence-electron chi connectivity index (χ4n) is 2.55. The number of nitrogens with one attached hydrogen (secondary N) is 2. The van der Waals surface area contributed by atoms with Crippen LogP contribution in [0.15, 0.2) is 30.7 Å². The van der Waals surface area contributed by atoms with E-state index in [1.807, 2.05) is 5.32 Å². The van der Waals surface area contributed by atoms with Crippen molar-refractivity contribution in [2.24, 2.45) is 0 Å². The third-order valence-electron chi connectivity index (χ3n) is 4.16. The van der Waals surface area contributed by atoms with Gasteiger partial charge in [0.05, 0.1) is 5.02 Å². The van der Waals surface area contributed by atoms with E-state index in [0.717, 1.165) is 5.39 Å². The monoisotopic (exact) mass is 416 g/mol. The Hall–Kier alpha value is -2.88. The normalized spacial score (nSPS) is 12.8. The number of aromatic nitrogens is 4. The van der Waals surface area contributed by atoms with Crippen molar-refractivity contribution in [3.63, 3.8) is 0 Å². The van der Waals surface area contributed by atoms with Gasteiger partial charge in [0, 0.05) is 39.4 Å². The summed E-state index contributed by atoms with van der Waals surface area (Å²) in [6, 6.07) is 2.42. The maximum atomic E-state index is 12.3. The molecule has 0 bridgehead atoms. The number of carbonyl (C=O) groups is 1. The summed E-state index contributed by atoms with van der Waals surface area (Å²) in [6.45, 7) is 0.102. The van der Waals surface area contributed by atoms with Crippen LogP contribution in [0.25, 0.3) is 22.4 Å². The van der Waals surface area contributed by atoms with Crippen molar-refractivity contribution in [1.82, 2.24) is 25.3 Å². The smallest absolute Gasteiger partial charge is 0.348 e. The van der Waals surface area contributed by atoms with Crippen LogP contribution >= 0.6 is 11.6 Å². The molecule has 152 valence electrons. The topological polar surface area (TPSA) is 86.8 Å². The lowest BCUT2D eigenvalue weighted by Gasteiger charge is -2.25. The first-order valence-electron chi connectivity index (χ1n) is 8.19. The lowest BCUT2D eigenvalue weighted by atomic mass is 10.2. The van der Waals surface area contributed by atoms with Crippen molar-refractivity contribution in [3.05, 3.63) is 35.7 Å². The van der Waals surface area contributed by atoms with E-state index in [1.54, 1.807) is 25.4 Å². The predicted octanol–water partition coefficient (Wildman–Crippen LogP) is 3.67. The van der Waals surface area contributed by atoms with E-state index in [1.165, 1.54) is 24.2 Å². The van der Waals surface area contributed by atoms with Crippen LogP contribution in [0.4, 0.5) is 19.0 Å². The van der Waals surface area contributed by atoms with Crippen molar-refractivity contribution < 1.29 is 20.8 Å². The van der Waals surface area contributed by atoms with Crippen LogP contribution in [-0.2, 0) is 4.79 Å². The molecule has 2 N–H and O–H groups in total. The number of hydrogen-bond acceptors (Lipinski definition) is 5. The Kier molecular flexibility index (Phi) is 5.41. The molecule has 3 rings (SSSR count). The zero-order valence-corrected chi connectivity index (χ0v) is 15.6. The van der Waals surface area contributed by atoms with Crippen LogP contribution in [-0.4, -0.2) is 51.7 Å². The molecule has 11 heteroatoms. The van der Waals surface area contributed by atoms with E-state index in [4.69, 9.17) is 11.6 Å². The molecule has 3 heterocycles. The van der Waals surface area contributed by atoms with Gasteiger partial charge in [0.2, 0.25) is 5.91 Å². The molecule has 0 aliphatic rings. The molecule has 0 saturated heterocycles. The second kappa shape index (κ2) is 7.63. The summed E-state index contributed by atoms with van der Waals surface area (Å²) < 4.78 is 36.9. The van der Waals surface area contributed by atoms with Gasteiger partial charge in [0.15, 0.2) is 5.82 Å². The highest BCUT2D eigenvalue weighted by Gasteiger charge is 2.29. The number of hydrogen-bond donors (Lipinski definition) is 2. The molecule has 0 fully saturated rings. The van der Waals surface area contributed by atoms with Gasteiger partial charge in [-0.15, -0.1) is 0 Å². The molecule has 7 nitrogen and oxygen atoms in total. The number of H-pyrrole nitrogens is 1. The summed E-state index contributed by atoms with van der Waals surface area (Å²) in [4.78, 5) is 29.3. The van der Waals surface area contributed by atoms with Crippen molar-refractivity contribution in [2.45, 2.75) is 19.1 Å². The summed E-state index contributed by atoms with van der Waals surface area (Å²) in [5.41, 5.74) is 1.27. The lowest BCUT2D eigenvalue weighted by molar-refractivity contribution is -0.138. The minimum absolute atomic E-state index is 0. The molecule has 3 aromatic rings. The number of likely N-dealkylation sites (N-methyl/N-ethyl adjacent to an activating group) is 1. The fraction of sp³-hybridized carbons (Fsp3) is 0.294. The van der Waals surface area contributed by atoms with E-state index in [2.05, 4.69) is 19.9 Å². The van der Waals surface area contributed by atoms with E-state index in [9.17, 15) is 18.0 Å². The Morgan fingerprint density at radius 3 is 2.89 bits per heavy atom. The predicted molar refractivity (Wildman–Crippen MR) is 103 cm³/mol. The number of anilines is 1. The zero-order valence-electron chi connectivity index (χ0n) is 14.9. The van der Waals surface area contributed by atoms with Crippen molar-refractivity contribution in [3.8, 4) is 11.4 Å². The van der Waals surface area contributed by atoms with Crippen LogP contribution in [0.3, 0.4) is 0 Å². The van der Waals surface area contributed by atoms with Gasteiger partial charge >= 0.3 is 6.18 Å². The van der Waals surface area contributed by atoms with Crippen LogP contribution in [0.1, 0.15) is 9.78 Å². The molecular formula is C17H20ClF3N6O. The highest BCUT2D eigenvalue weighted by Crippen LogP contribution is 2.28. The number of nitrogens with zero attached hydrogens (tertiary/aromatic N) is 4. The average Bonchev–Trinajstić information content (AvgIpc) is 3.07. The number of alkyl halides is 3. The van der Waals surface area contributed by atoms with Gasteiger partial charge in [-0.1, -0.05) is 11.6 Å². The summed E-state index contributed by atoms with van der Waals surface area (Å²) >= 11 is 6.00. The Morgan fingerprint density at radius 1 is 1.43 bits per heavy atom. The van der Waals surface area contributed by atoms with Crippen LogP contribution in [0.5, 0.6) is 0 Å². The quantitative estimate of drug-likeness (QED) is 0.662. The maximum Gasteiger partial charge on any atom is 0.405 e. The summed E-state index contributed by atoms with van der Waals surface area (Å²) in [5.74, 6) is -0.0189. The first-order valence-corrected chi connectivity index (χ1v) is 8.57. The number of amides is 1. The van der Waals surface area contributed by atoms with Gasteiger partial charge < -0.3 is 15.2 Å². The van der Waals surface area contributed by atoms with Gasteiger partial charge in [0.1, 0.15) is 24.1 Å². The summed E-state index contributed by atoms with van der Waals surface area (Å²) in [5, 5.41) is 3.05. The molecule has 1 atom stereocenters. The van der Waals surface area contributed by atoms with Crippen molar-refractivity contribution in [1.29, 1.82) is 0 Å². The van der Waals surface area contributed by atoms with Crippen LogP contribution in [0.2, 0.25) is 5.02 Å². The van der Waals surface area contributed by atoms with E-state index in [0.29, 0.717) is 27.9 Å². The van der Waals surface area contributed by atoms with E-state index >= 15 is 0 Å². The van der Waals surface area contributed by atoms with Crippen LogP contribution in [0, 0.1) is 0 Å². The highest BCUT2D eigenvalue weighted by atomic mass is 35.5. The second-order valence-electron chi connectivity index (χ2n) is 6.11. The summed E-state index contributed by atoms with van der Waals surface area (Å²) in [7, 11) is 1.57. The maximum absolute atomic E-state index is 12.3. The third-order valence-corrected chi connectivity index (χ3v) is 4.37. The molecule has 0 aliphatic carbocycles. The molecule has 0 aromatic carbocycles. The third kappa shape index (κ3) is 4.33. The molecule has 28 heavy (non-hydrogen) atoms. The molecule has 1 amide bonds.